The van der Waals surface area contributed by atoms with E-state index in [1.807, 2.05) is 18.2 Å². The second-order valence-electron chi connectivity index (χ2n) is 7.07. The lowest BCUT2D eigenvalue weighted by Crippen LogP contribution is -2.58. The van der Waals surface area contributed by atoms with E-state index >= 15 is 0 Å². The highest BCUT2D eigenvalue weighted by atomic mass is 32.2. The fourth-order valence-corrected chi connectivity index (χ4v) is 4.15. The summed E-state index contributed by atoms with van der Waals surface area (Å²) >= 11 is 0. The first-order valence-electron chi connectivity index (χ1n) is 7.13. The molecular formula is C16H25NO2S. The molecule has 1 aromatic carbocycles. The molecule has 20 heavy (non-hydrogen) atoms. The molecule has 1 fully saturated rings. The van der Waals surface area contributed by atoms with E-state index in [4.69, 9.17) is 0 Å². The van der Waals surface area contributed by atoms with Crippen molar-refractivity contribution >= 4 is 9.84 Å². The predicted octanol–water partition coefficient (Wildman–Crippen LogP) is 2.74. The Bertz CT molecular complexity index is 552. The molecule has 1 aliphatic rings. The van der Waals surface area contributed by atoms with Crippen LogP contribution in [0.4, 0.5) is 0 Å². The summed E-state index contributed by atoms with van der Waals surface area (Å²) in [5.74, 6) is 0.368. The van der Waals surface area contributed by atoms with Gasteiger partial charge in [0.2, 0.25) is 0 Å². The van der Waals surface area contributed by atoms with Crippen molar-refractivity contribution in [3.63, 3.8) is 0 Å². The Morgan fingerprint density at radius 2 is 1.75 bits per heavy atom. The number of benzene rings is 1. The number of nitrogens with one attached hydrogen (secondary N) is 1. The third kappa shape index (κ3) is 3.23. The van der Waals surface area contributed by atoms with Gasteiger partial charge >= 0.3 is 0 Å². The largest absolute Gasteiger partial charge is 0.310 e. The smallest absolute Gasteiger partial charge is 0.154 e. The predicted molar refractivity (Wildman–Crippen MR) is 83.7 cm³/mol. The van der Waals surface area contributed by atoms with Gasteiger partial charge in [0.1, 0.15) is 0 Å². The van der Waals surface area contributed by atoms with Crippen LogP contribution in [0.5, 0.6) is 0 Å². The zero-order valence-corrected chi connectivity index (χ0v) is 13.6. The van der Waals surface area contributed by atoms with Crippen LogP contribution >= 0.6 is 0 Å². The molecule has 0 saturated heterocycles. The third-order valence-electron chi connectivity index (χ3n) is 4.24. The van der Waals surface area contributed by atoms with Crippen molar-refractivity contribution in [2.24, 2.45) is 0 Å². The first kappa shape index (κ1) is 15.5. The summed E-state index contributed by atoms with van der Waals surface area (Å²) in [7, 11) is -3.05. The first-order chi connectivity index (χ1) is 9.13. The summed E-state index contributed by atoms with van der Waals surface area (Å²) in [4.78, 5) is 0. The Hall–Kier alpha value is -0.870. The van der Waals surface area contributed by atoms with Crippen molar-refractivity contribution < 1.29 is 8.42 Å². The fraction of sp³-hybridized carbons (Fsp3) is 0.625. The number of sulfone groups is 1. The van der Waals surface area contributed by atoms with E-state index in [2.05, 4.69) is 38.2 Å². The molecule has 1 aromatic rings. The van der Waals surface area contributed by atoms with Crippen LogP contribution in [0.25, 0.3) is 0 Å². The van der Waals surface area contributed by atoms with Crippen molar-refractivity contribution in [2.75, 3.05) is 12.8 Å². The molecule has 112 valence electrons. The maximum Gasteiger partial charge on any atom is 0.154 e. The summed E-state index contributed by atoms with van der Waals surface area (Å²) in [6, 6.07) is 10.2. The maximum atomic E-state index is 12.2. The van der Waals surface area contributed by atoms with Gasteiger partial charge in [0.25, 0.3) is 0 Å². The molecule has 0 spiro atoms. The van der Waals surface area contributed by atoms with E-state index in [0.29, 0.717) is 12.5 Å². The molecule has 0 amide bonds. The molecule has 0 heterocycles. The molecule has 3 nitrogen and oxygen atoms in total. The van der Waals surface area contributed by atoms with Gasteiger partial charge in [0, 0.05) is 18.3 Å². The van der Waals surface area contributed by atoms with Crippen LogP contribution in [0.2, 0.25) is 0 Å². The summed E-state index contributed by atoms with van der Waals surface area (Å²) in [5.41, 5.74) is 1.19. The normalized spacial score (nSPS) is 27.1. The highest BCUT2D eigenvalue weighted by Gasteiger charge is 2.52. The minimum absolute atomic E-state index is 0.0600. The molecule has 0 atom stereocenters. The Morgan fingerprint density at radius 1 is 1.20 bits per heavy atom. The standard InChI is InChI=1S/C16H25NO2S/c1-15(2,3)17-12-16(20(4,18)19)10-14(11-16)13-8-6-5-7-9-13/h5-9,14,17H,10-12H2,1-4H3. The number of hydrogen-bond acceptors (Lipinski definition) is 3. The van der Waals surface area contributed by atoms with Crippen molar-refractivity contribution in [2.45, 2.75) is 49.8 Å². The molecule has 0 unspecified atom stereocenters. The maximum absolute atomic E-state index is 12.2. The molecule has 0 aromatic heterocycles. The van der Waals surface area contributed by atoms with Gasteiger partial charge in [-0.1, -0.05) is 30.3 Å². The molecule has 2 rings (SSSR count). The van der Waals surface area contributed by atoms with E-state index in [1.165, 1.54) is 11.8 Å². The molecule has 0 aliphatic heterocycles. The van der Waals surface area contributed by atoms with Crippen LogP contribution in [-0.2, 0) is 9.84 Å². The first-order valence-corrected chi connectivity index (χ1v) is 9.02. The fourth-order valence-electron chi connectivity index (χ4n) is 2.80. The molecular weight excluding hydrogens is 270 g/mol. The lowest BCUT2D eigenvalue weighted by atomic mass is 9.70. The number of hydrogen-bond donors (Lipinski definition) is 1. The highest BCUT2D eigenvalue weighted by molar-refractivity contribution is 7.92. The molecule has 1 aliphatic carbocycles. The zero-order valence-electron chi connectivity index (χ0n) is 12.8. The SMILES string of the molecule is CC(C)(C)NCC1(S(C)(=O)=O)CC(c2ccccc2)C1. The van der Waals surface area contributed by atoms with E-state index < -0.39 is 14.6 Å². The van der Waals surface area contributed by atoms with Gasteiger partial charge in [-0.2, -0.15) is 0 Å². The Labute approximate surface area is 122 Å². The van der Waals surface area contributed by atoms with Gasteiger partial charge in [-0.3, -0.25) is 0 Å². The average Bonchev–Trinajstić information content (AvgIpc) is 2.25. The van der Waals surface area contributed by atoms with E-state index in [9.17, 15) is 8.42 Å². The van der Waals surface area contributed by atoms with Gasteiger partial charge in [0.15, 0.2) is 9.84 Å². The van der Waals surface area contributed by atoms with Crippen molar-refractivity contribution in [3.8, 4) is 0 Å². The van der Waals surface area contributed by atoms with Crippen molar-refractivity contribution in [3.05, 3.63) is 35.9 Å². The molecule has 0 radical (unpaired) electrons. The Balaban J connectivity index is 2.11. The quantitative estimate of drug-likeness (QED) is 0.929. The lowest BCUT2D eigenvalue weighted by Gasteiger charge is -2.47. The molecule has 1 N–H and O–H groups in total. The van der Waals surface area contributed by atoms with E-state index in [-0.39, 0.29) is 5.54 Å². The Kier molecular flexibility index (Phi) is 4.00. The van der Waals surface area contributed by atoms with Gasteiger partial charge in [0.05, 0.1) is 4.75 Å². The molecule has 4 heteroatoms. The van der Waals surface area contributed by atoms with Crippen LogP contribution in [0.15, 0.2) is 30.3 Å². The third-order valence-corrected chi connectivity index (χ3v) is 6.29. The summed E-state index contributed by atoms with van der Waals surface area (Å²) in [5, 5.41) is 3.36. The minimum Gasteiger partial charge on any atom is -0.310 e. The molecule has 0 bridgehead atoms. The summed E-state index contributed by atoms with van der Waals surface area (Å²) < 4.78 is 23.8. The topological polar surface area (TPSA) is 46.2 Å². The van der Waals surface area contributed by atoms with Gasteiger partial charge < -0.3 is 5.32 Å². The van der Waals surface area contributed by atoms with E-state index in [0.717, 1.165) is 12.8 Å². The van der Waals surface area contributed by atoms with Crippen LogP contribution in [-0.4, -0.2) is 31.5 Å². The van der Waals surface area contributed by atoms with Crippen LogP contribution < -0.4 is 5.32 Å². The van der Waals surface area contributed by atoms with Crippen LogP contribution in [0, 0.1) is 0 Å². The monoisotopic (exact) mass is 295 g/mol. The van der Waals surface area contributed by atoms with Crippen molar-refractivity contribution in [1.82, 2.24) is 5.32 Å². The van der Waals surface area contributed by atoms with Gasteiger partial charge in [-0.05, 0) is 45.1 Å². The minimum atomic E-state index is -3.05. The van der Waals surface area contributed by atoms with Crippen molar-refractivity contribution in [1.29, 1.82) is 0 Å². The van der Waals surface area contributed by atoms with Gasteiger partial charge in [-0.15, -0.1) is 0 Å². The average molecular weight is 295 g/mol. The van der Waals surface area contributed by atoms with Crippen LogP contribution in [0.1, 0.15) is 45.1 Å². The molecule has 1 saturated carbocycles. The van der Waals surface area contributed by atoms with Gasteiger partial charge in [-0.25, -0.2) is 8.42 Å². The Morgan fingerprint density at radius 3 is 2.20 bits per heavy atom. The second-order valence-corrected chi connectivity index (χ2v) is 9.48. The summed E-state index contributed by atoms with van der Waals surface area (Å²) in [6.45, 7) is 6.74. The zero-order chi connectivity index (χ0) is 15.0. The highest BCUT2D eigenvalue weighted by Crippen LogP contribution is 2.49. The number of rotatable bonds is 4. The second kappa shape index (κ2) is 5.15. The summed E-state index contributed by atoms with van der Waals surface area (Å²) in [6.07, 6.45) is 2.82. The van der Waals surface area contributed by atoms with E-state index in [1.54, 1.807) is 0 Å². The van der Waals surface area contributed by atoms with Crippen LogP contribution in [0.3, 0.4) is 0 Å². The lowest BCUT2D eigenvalue weighted by molar-refractivity contribution is 0.255.